The molecular weight excluding hydrogens is 290 g/mol. The van der Waals surface area contributed by atoms with E-state index < -0.39 is 10.0 Å². The molecule has 1 aromatic carbocycles. The van der Waals surface area contributed by atoms with Crippen LogP contribution >= 0.6 is 0 Å². The van der Waals surface area contributed by atoms with E-state index >= 15 is 0 Å². The van der Waals surface area contributed by atoms with Crippen molar-refractivity contribution in [3.63, 3.8) is 0 Å². The standard InChI is InChI=1S/C14H21N3O3S/c1-21(19,20)17-12-5-2-4-11(8-12)16-13(18)9-14(10-15)6-3-7-14/h2,4-5,8,17H,3,6-7,9-10,15H2,1H3,(H,16,18). The van der Waals surface area contributed by atoms with Gasteiger partial charge in [-0.1, -0.05) is 12.5 Å². The molecule has 7 heteroatoms. The Kier molecular flexibility index (Phi) is 4.53. The van der Waals surface area contributed by atoms with Crippen molar-refractivity contribution in [2.75, 3.05) is 22.8 Å². The smallest absolute Gasteiger partial charge is 0.229 e. The molecule has 1 aromatic rings. The molecule has 2 rings (SSSR count). The summed E-state index contributed by atoms with van der Waals surface area (Å²) in [5.41, 5.74) is 6.69. The Bertz CT molecular complexity index is 619. The SMILES string of the molecule is CS(=O)(=O)Nc1cccc(NC(=O)CC2(CN)CCC2)c1. The van der Waals surface area contributed by atoms with Crippen molar-refractivity contribution in [3.05, 3.63) is 24.3 Å². The first-order valence-corrected chi connectivity index (χ1v) is 8.79. The Morgan fingerprint density at radius 1 is 1.33 bits per heavy atom. The van der Waals surface area contributed by atoms with Gasteiger partial charge in [-0.25, -0.2) is 8.42 Å². The average molecular weight is 311 g/mol. The van der Waals surface area contributed by atoms with Gasteiger partial charge in [-0.05, 0) is 43.0 Å². The van der Waals surface area contributed by atoms with Gasteiger partial charge in [0.25, 0.3) is 0 Å². The van der Waals surface area contributed by atoms with Gasteiger partial charge in [0.15, 0.2) is 0 Å². The van der Waals surface area contributed by atoms with Crippen LogP contribution in [-0.4, -0.2) is 27.1 Å². The lowest BCUT2D eigenvalue weighted by Gasteiger charge is -2.40. The van der Waals surface area contributed by atoms with Crippen molar-refractivity contribution in [2.45, 2.75) is 25.7 Å². The molecule has 0 spiro atoms. The van der Waals surface area contributed by atoms with Crippen LogP contribution in [0.5, 0.6) is 0 Å². The summed E-state index contributed by atoms with van der Waals surface area (Å²) >= 11 is 0. The Morgan fingerprint density at radius 2 is 2.00 bits per heavy atom. The number of hydrogen-bond acceptors (Lipinski definition) is 4. The number of hydrogen-bond donors (Lipinski definition) is 3. The zero-order chi connectivity index (χ0) is 15.5. The minimum absolute atomic E-state index is 0.0489. The number of benzene rings is 1. The first-order chi connectivity index (χ1) is 9.82. The number of carbonyl (C=O) groups is 1. The molecule has 1 fully saturated rings. The first-order valence-electron chi connectivity index (χ1n) is 6.90. The molecule has 1 aliphatic rings. The second-order valence-electron chi connectivity index (χ2n) is 5.74. The number of carbonyl (C=O) groups excluding carboxylic acids is 1. The summed E-state index contributed by atoms with van der Waals surface area (Å²) in [6.45, 7) is 0.524. The molecule has 0 radical (unpaired) electrons. The maximum atomic E-state index is 12.1. The largest absolute Gasteiger partial charge is 0.330 e. The molecule has 6 nitrogen and oxygen atoms in total. The van der Waals surface area contributed by atoms with Crippen molar-refractivity contribution in [3.8, 4) is 0 Å². The zero-order valence-corrected chi connectivity index (χ0v) is 12.9. The molecular formula is C14H21N3O3S. The molecule has 0 unspecified atom stereocenters. The Balaban J connectivity index is 1.99. The number of anilines is 2. The molecule has 116 valence electrons. The predicted octanol–water partition coefficient (Wildman–Crippen LogP) is 1.52. The van der Waals surface area contributed by atoms with Crippen molar-refractivity contribution in [1.29, 1.82) is 0 Å². The van der Waals surface area contributed by atoms with Crippen LogP contribution in [0.25, 0.3) is 0 Å². The lowest BCUT2D eigenvalue weighted by atomic mass is 9.66. The predicted molar refractivity (Wildman–Crippen MR) is 83.5 cm³/mol. The normalized spacial score (nSPS) is 16.9. The molecule has 0 bridgehead atoms. The molecule has 0 aromatic heterocycles. The number of amides is 1. The lowest BCUT2D eigenvalue weighted by Crippen LogP contribution is -2.40. The van der Waals surface area contributed by atoms with Gasteiger partial charge >= 0.3 is 0 Å². The summed E-state index contributed by atoms with van der Waals surface area (Å²) in [6, 6.07) is 6.63. The van der Waals surface area contributed by atoms with E-state index in [1.807, 2.05) is 0 Å². The Hall–Kier alpha value is -1.60. The minimum Gasteiger partial charge on any atom is -0.330 e. The third kappa shape index (κ3) is 4.44. The van der Waals surface area contributed by atoms with E-state index in [0.717, 1.165) is 25.5 Å². The van der Waals surface area contributed by atoms with Crippen LogP contribution in [0.1, 0.15) is 25.7 Å². The molecule has 0 heterocycles. The maximum absolute atomic E-state index is 12.1. The quantitative estimate of drug-likeness (QED) is 0.741. The van der Waals surface area contributed by atoms with Crippen molar-refractivity contribution < 1.29 is 13.2 Å². The van der Waals surface area contributed by atoms with Gasteiger partial charge in [-0.3, -0.25) is 9.52 Å². The van der Waals surface area contributed by atoms with Crippen LogP contribution in [0, 0.1) is 5.41 Å². The van der Waals surface area contributed by atoms with Gasteiger partial charge < -0.3 is 11.1 Å². The summed E-state index contributed by atoms with van der Waals surface area (Å²) in [6.07, 6.45) is 4.60. The Labute approximate surface area is 125 Å². The summed E-state index contributed by atoms with van der Waals surface area (Å²) in [5, 5.41) is 2.80. The fourth-order valence-corrected chi connectivity index (χ4v) is 3.11. The van der Waals surface area contributed by atoms with E-state index in [1.165, 1.54) is 0 Å². The van der Waals surface area contributed by atoms with Gasteiger partial charge in [0.1, 0.15) is 0 Å². The van der Waals surface area contributed by atoms with Crippen LogP contribution in [0.4, 0.5) is 11.4 Å². The van der Waals surface area contributed by atoms with Crippen LogP contribution < -0.4 is 15.8 Å². The van der Waals surface area contributed by atoms with E-state index in [1.54, 1.807) is 24.3 Å². The van der Waals surface area contributed by atoms with Gasteiger partial charge in [0, 0.05) is 12.1 Å². The summed E-state index contributed by atoms with van der Waals surface area (Å²) in [4.78, 5) is 12.1. The van der Waals surface area contributed by atoms with Gasteiger partial charge in [-0.15, -0.1) is 0 Å². The number of rotatable bonds is 6. The molecule has 0 saturated heterocycles. The number of nitrogens with two attached hydrogens (primary N) is 1. The number of sulfonamides is 1. The van der Waals surface area contributed by atoms with E-state index in [9.17, 15) is 13.2 Å². The first kappa shape index (κ1) is 15.8. The molecule has 1 amide bonds. The van der Waals surface area contributed by atoms with E-state index in [2.05, 4.69) is 10.0 Å². The monoisotopic (exact) mass is 311 g/mol. The topological polar surface area (TPSA) is 101 Å². The second kappa shape index (κ2) is 6.03. The minimum atomic E-state index is -3.33. The number of nitrogens with one attached hydrogen (secondary N) is 2. The van der Waals surface area contributed by atoms with Crippen molar-refractivity contribution >= 4 is 27.3 Å². The van der Waals surface area contributed by atoms with Crippen LogP contribution in [0.15, 0.2) is 24.3 Å². The van der Waals surface area contributed by atoms with E-state index in [0.29, 0.717) is 24.3 Å². The average Bonchev–Trinajstić information content (AvgIpc) is 2.32. The fraction of sp³-hybridized carbons (Fsp3) is 0.500. The molecule has 4 N–H and O–H groups in total. The fourth-order valence-electron chi connectivity index (χ4n) is 2.55. The third-order valence-corrected chi connectivity index (χ3v) is 4.44. The molecule has 21 heavy (non-hydrogen) atoms. The Morgan fingerprint density at radius 3 is 2.52 bits per heavy atom. The lowest BCUT2D eigenvalue weighted by molar-refractivity contribution is -0.119. The summed E-state index contributed by atoms with van der Waals surface area (Å²) in [7, 11) is -3.33. The third-order valence-electron chi connectivity index (χ3n) is 3.83. The summed E-state index contributed by atoms with van der Waals surface area (Å²) < 4.78 is 24.8. The molecule has 1 saturated carbocycles. The maximum Gasteiger partial charge on any atom is 0.229 e. The highest BCUT2D eigenvalue weighted by molar-refractivity contribution is 7.92. The highest BCUT2D eigenvalue weighted by Gasteiger charge is 2.37. The van der Waals surface area contributed by atoms with Crippen LogP contribution in [0.2, 0.25) is 0 Å². The van der Waals surface area contributed by atoms with Gasteiger partial charge in [-0.2, -0.15) is 0 Å². The zero-order valence-electron chi connectivity index (χ0n) is 12.1. The van der Waals surface area contributed by atoms with Crippen LogP contribution in [-0.2, 0) is 14.8 Å². The van der Waals surface area contributed by atoms with E-state index in [-0.39, 0.29) is 11.3 Å². The molecule has 1 aliphatic carbocycles. The van der Waals surface area contributed by atoms with Gasteiger partial charge in [0.2, 0.25) is 15.9 Å². The van der Waals surface area contributed by atoms with Crippen molar-refractivity contribution in [1.82, 2.24) is 0 Å². The second-order valence-corrected chi connectivity index (χ2v) is 7.49. The van der Waals surface area contributed by atoms with Gasteiger partial charge in [0.05, 0.1) is 11.9 Å². The van der Waals surface area contributed by atoms with Crippen LogP contribution in [0.3, 0.4) is 0 Å². The highest BCUT2D eigenvalue weighted by Crippen LogP contribution is 2.43. The summed E-state index contributed by atoms with van der Waals surface area (Å²) in [5.74, 6) is -0.0864. The van der Waals surface area contributed by atoms with E-state index in [4.69, 9.17) is 5.73 Å². The van der Waals surface area contributed by atoms with Crippen molar-refractivity contribution in [2.24, 2.45) is 11.1 Å². The highest BCUT2D eigenvalue weighted by atomic mass is 32.2. The molecule has 0 atom stereocenters. The molecule has 0 aliphatic heterocycles.